The average molecular weight is 328 g/mol. The molecule has 1 aliphatic rings. The number of carboxylic acid groups (broad SMARTS) is 1. The van der Waals surface area contributed by atoms with E-state index in [1.807, 2.05) is 0 Å². The van der Waals surface area contributed by atoms with Gasteiger partial charge in [0.05, 0.1) is 0 Å². The predicted octanol–water partition coefficient (Wildman–Crippen LogP) is 2.19. The minimum atomic E-state index is -1.09. The second kappa shape index (κ2) is 5.61. The molecule has 102 valence electrons. The van der Waals surface area contributed by atoms with Crippen LogP contribution in [0.25, 0.3) is 0 Å². The highest BCUT2D eigenvalue weighted by molar-refractivity contribution is 9.10. The first kappa shape index (κ1) is 13.9. The minimum absolute atomic E-state index is 0.0282. The summed E-state index contributed by atoms with van der Waals surface area (Å²) in [5.74, 6) is -1.12. The van der Waals surface area contributed by atoms with Crippen molar-refractivity contribution in [3.05, 3.63) is 28.2 Å². The van der Waals surface area contributed by atoms with Gasteiger partial charge in [-0.15, -0.1) is 0 Å². The molecule has 0 saturated heterocycles. The zero-order valence-corrected chi connectivity index (χ0v) is 11.9. The quantitative estimate of drug-likeness (QED) is 0.869. The lowest BCUT2D eigenvalue weighted by molar-refractivity contribution is -0.127. The van der Waals surface area contributed by atoms with E-state index >= 15 is 0 Å². The fourth-order valence-corrected chi connectivity index (χ4v) is 1.92. The van der Waals surface area contributed by atoms with E-state index in [9.17, 15) is 9.59 Å². The second-order valence-corrected chi connectivity index (χ2v) is 5.40. The summed E-state index contributed by atoms with van der Waals surface area (Å²) in [6, 6.07) is 4.91. The highest BCUT2D eigenvalue weighted by Gasteiger charge is 2.27. The van der Waals surface area contributed by atoms with Crippen LogP contribution in [0.3, 0.4) is 0 Å². The standard InChI is InChI=1S/C13H14BrNO4/c1-7(12(16)15-9-3-4-9)19-11-5-2-8(14)6-10(11)13(17)18/h2,5-7,9H,3-4H2,1H3,(H,15,16)(H,17,18). The summed E-state index contributed by atoms with van der Waals surface area (Å²) in [7, 11) is 0. The van der Waals surface area contributed by atoms with Crippen LogP contribution >= 0.6 is 15.9 Å². The van der Waals surface area contributed by atoms with E-state index in [2.05, 4.69) is 21.2 Å². The monoisotopic (exact) mass is 327 g/mol. The molecular formula is C13H14BrNO4. The number of nitrogens with one attached hydrogen (secondary N) is 1. The Hall–Kier alpha value is -1.56. The molecule has 5 nitrogen and oxygen atoms in total. The first-order chi connectivity index (χ1) is 8.97. The summed E-state index contributed by atoms with van der Waals surface area (Å²) in [6.07, 6.45) is 1.27. The van der Waals surface area contributed by atoms with Gasteiger partial charge in [0.2, 0.25) is 0 Å². The number of aromatic carboxylic acids is 1. The molecule has 1 unspecified atom stereocenters. The van der Waals surface area contributed by atoms with E-state index in [1.54, 1.807) is 13.0 Å². The molecular weight excluding hydrogens is 314 g/mol. The molecule has 2 N–H and O–H groups in total. The Morgan fingerprint density at radius 2 is 2.16 bits per heavy atom. The number of rotatable bonds is 5. The van der Waals surface area contributed by atoms with Crippen LogP contribution in [0.15, 0.2) is 22.7 Å². The average Bonchev–Trinajstić information content (AvgIpc) is 3.14. The Morgan fingerprint density at radius 3 is 2.74 bits per heavy atom. The number of carbonyl (C=O) groups is 2. The van der Waals surface area contributed by atoms with E-state index in [-0.39, 0.29) is 23.3 Å². The van der Waals surface area contributed by atoms with Gasteiger partial charge < -0.3 is 15.2 Å². The zero-order chi connectivity index (χ0) is 14.0. The Morgan fingerprint density at radius 1 is 1.47 bits per heavy atom. The van der Waals surface area contributed by atoms with Crippen LogP contribution in [-0.2, 0) is 4.79 Å². The van der Waals surface area contributed by atoms with Crippen molar-refractivity contribution in [1.82, 2.24) is 5.32 Å². The highest BCUT2D eigenvalue weighted by Crippen LogP contribution is 2.25. The molecule has 1 saturated carbocycles. The molecule has 6 heteroatoms. The van der Waals surface area contributed by atoms with Gasteiger partial charge in [0.25, 0.3) is 5.91 Å². The van der Waals surface area contributed by atoms with Crippen molar-refractivity contribution in [1.29, 1.82) is 0 Å². The minimum Gasteiger partial charge on any atom is -0.480 e. The third-order valence-electron chi connectivity index (χ3n) is 2.77. The fraction of sp³-hybridized carbons (Fsp3) is 0.385. The lowest BCUT2D eigenvalue weighted by atomic mass is 10.2. The third kappa shape index (κ3) is 3.70. The number of amides is 1. The molecule has 0 spiro atoms. The van der Waals surface area contributed by atoms with Crippen LogP contribution in [0.2, 0.25) is 0 Å². The Bertz CT molecular complexity index is 513. The van der Waals surface area contributed by atoms with E-state index in [0.29, 0.717) is 4.47 Å². The van der Waals surface area contributed by atoms with Crippen molar-refractivity contribution in [2.45, 2.75) is 31.9 Å². The van der Waals surface area contributed by atoms with Crippen LogP contribution in [0.4, 0.5) is 0 Å². The van der Waals surface area contributed by atoms with Crippen molar-refractivity contribution in [2.75, 3.05) is 0 Å². The van der Waals surface area contributed by atoms with Crippen molar-refractivity contribution in [3.8, 4) is 5.75 Å². The normalized spacial score (nSPS) is 15.7. The van der Waals surface area contributed by atoms with Gasteiger partial charge in [-0.25, -0.2) is 4.79 Å². The molecule has 0 aromatic heterocycles. The van der Waals surface area contributed by atoms with E-state index < -0.39 is 12.1 Å². The number of carbonyl (C=O) groups excluding carboxylic acids is 1. The number of hydrogen-bond acceptors (Lipinski definition) is 3. The number of ether oxygens (including phenoxy) is 1. The number of halogens is 1. The van der Waals surface area contributed by atoms with E-state index in [1.165, 1.54) is 12.1 Å². The molecule has 1 aromatic rings. The first-order valence-electron chi connectivity index (χ1n) is 5.97. The zero-order valence-electron chi connectivity index (χ0n) is 10.4. The van der Waals surface area contributed by atoms with Gasteiger partial charge >= 0.3 is 5.97 Å². The van der Waals surface area contributed by atoms with Gasteiger partial charge in [-0.2, -0.15) is 0 Å². The molecule has 0 radical (unpaired) electrons. The molecule has 0 bridgehead atoms. The van der Waals surface area contributed by atoms with Crippen molar-refractivity contribution < 1.29 is 19.4 Å². The highest BCUT2D eigenvalue weighted by atomic mass is 79.9. The van der Waals surface area contributed by atoms with Gasteiger partial charge in [0.1, 0.15) is 11.3 Å². The smallest absolute Gasteiger partial charge is 0.339 e. The second-order valence-electron chi connectivity index (χ2n) is 4.49. The van der Waals surface area contributed by atoms with Gasteiger partial charge in [0.15, 0.2) is 6.10 Å². The summed E-state index contributed by atoms with van der Waals surface area (Å²) in [6.45, 7) is 1.60. The molecule has 0 heterocycles. The van der Waals surface area contributed by atoms with Crippen LogP contribution in [-0.4, -0.2) is 29.1 Å². The van der Waals surface area contributed by atoms with Crippen molar-refractivity contribution >= 4 is 27.8 Å². The van der Waals surface area contributed by atoms with E-state index in [4.69, 9.17) is 9.84 Å². The molecule has 0 aliphatic heterocycles. The first-order valence-corrected chi connectivity index (χ1v) is 6.76. The Balaban J connectivity index is 2.08. The molecule has 1 amide bonds. The number of carboxylic acids is 1. The number of hydrogen-bond donors (Lipinski definition) is 2. The lowest BCUT2D eigenvalue weighted by Crippen LogP contribution is -2.37. The topological polar surface area (TPSA) is 75.6 Å². The predicted molar refractivity (Wildman–Crippen MR) is 72.4 cm³/mol. The molecule has 19 heavy (non-hydrogen) atoms. The molecule has 2 rings (SSSR count). The summed E-state index contributed by atoms with van der Waals surface area (Å²) in [4.78, 5) is 22.9. The van der Waals surface area contributed by atoms with Crippen LogP contribution in [0.5, 0.6) is 5.75 Å². The summed E-state index contributed by atoms with van der Waals surface area (Å²) in [5.41, 5.74) is 0.0282. The van der Waals surface area contributed by atoms with Crippen molar-refractivity contribution in [3.63, 3.8) is 0 Å². The third-order valence-corrected chi connectivity index (χ3v) is 3.26. The molecule has 1 aromatic carbocycles. The summed E-state index contributed by atoms with van der Waals surface area (Å²) < 4.78 is 6.08. The van der Waals surface area contributed by atoms with E-state index in [0.717, 1.165) is 12.8 Å². The Kier molecular flexibility index (Phi) is 4.09. The van der Waals surface area contributed by atoms with Crippen LogP contribution in [0.1, 0.15) is 30.1 Å². The maximum atomic E-state index is 11.8. The molecule has 1 fully saturated rings. The fourth-order valence-electron chi connectivity index (χ4n) is 1.56. The largest absolute Gasteiger partial charge is 0.480 e. The Labute approximate surface area is 119 Å². The molecule has 1 atom stereocenters. The van der Waals surface area contributed by atoms with Gasteiger partial charge in [-0.05, 0) is 38.0 Å². The maximum absolute atomic E-state index is 11.8. The summed E-state index contributed by atoms with van der Waals surface area (Å²) >= 11 is 3.20. The van der Waals surface area contributed by atoms with Gasteiger partial charge in [-0.3, -0.25) is 4.79 Å². The lowest BCUT2D eigenvalue weighted by Gasteiger charge is -2.16. The summed E-state index contributed by atoms with van der Waals surface area (Å²) in [5, 5.41) is 11.9. The maximum Gasteiger partial charge on any atom is 0.339 e. The molecule has 1 aliphatic carbocycles. The van der Waals surface area contributed by atoms with Gasteiger partial charge in [-0.1, -0.05) is 15.9 Å². The van der Waals surface area contributed by atoms with Gasteiger partial charge in [0, 0.05) is 10.5 Å². The van der Waals surface area contributed by atoms with Crippen molar-refractivity contribution in [2.24, 2.45) is 0 Å². The van der Waals surface area contributed by atoms with Crippen LogP contribution < -0.4 is 10.1 Å². The van der Waals surface area contributed by atoms with Crippen LogP contribution in [0, 0.1) is 0 Å². The SMILES string of the molecule is CC(Oc1ccc(Br)cc1C(=O)O)C(=O)NC1CC1. The number of benzene rings is 1.